The van der Waals surface area contributed by atoms with Crippen LogP contribution in [-0.4, -0.2) is 0 Å². The van der Waals surface area contributed by atoms with Gasteiger partial charge in [0.1, 0.15) is 0 Å². The lowest BCUT2D eigenvalue weighted by atomic mass is 10.2. The fraction of sp³-hybridized carbons (Fsp3) is 0.455. The Balaban J connectivity index is 2.70. The van der Waals surface area contributed by atoms with Crippen LogP contribution in [0.25, 0.3) is 6.08 Å². The van der Waals surface area contributed by atoms with E-state index in [1.54, 1.807) is 0 Å². The third-order valence-electron chi connectivity index (χ3n) is 1.73. The van der Waals surface area contributed by atoms with Gasteiger partial charge in [-0.1, -0.05) is 26.8 Å². The standard InChI is InChI=1S/C11H16S/c1-4-5-6-10-7-8-11(12-10)9(2)3/h5-9H,4H2,1-3H3/b6-5-. The van der Waals surface area contributed by atoms with Crippen LogP contribution in [0.2, 0.25) is 0 Å². The predicted molar refractivity (Wildman–Crippen MR) is 57.7 cm³/mol. The van der Waals surface area contributed by atoms with E-state index in [1.165, 1.54) is 9.75 Å². The van der Waals surface area contributed by atoms with Gasteiger partial charge in [-0.25, -0.2) is 0 Å². The summed E-state index contributed by atoms with van der Waals surface area (Å²) in [5, 5.41) is 0. The molecule has 1 aromatic rings. The van der Waals surface area contributed by atoms with Crippen molar-refractivity contribution < 1.29 is 0 Å². The van der Waals surface area contributed by atoms with Crippen LogP contribution in [0, 0.1) is 0 Å². The van der Waals surface area contributed by atoms with E-state index in [0.717, 1.165) is 6.42 Å². The topological polar surface area (TPSA) is 0 Å². The number of thiophene rings is 1. The first-order chi connectivity index (χ1) is 5.74. The first-order valence-corrected chi connectivity index (χ1v) is 5.32. The Morgan fingerprint density at radius 3 is 2.67 bits per heavy atom. The summed E-state index contributed by atoms with van der Waals surface area (Å²) in [5.41, 5.74) is 0. The van der Waals surface area contributed by atoms with Gasteiger partial charge in [-0.3, -0.25) is 0 Å². The van der Waals surface area contributed by atoms with E-state index in [2.05, 4.69) is 45.1 Å². The summed E-state index contributed by atoms with van der Waals surface area (Å²) in [7, 11) is 0. The molecule has 0 bridgehead atoms. The van der Waals surface area contributed by atoms with Crippen molar-refractivity contribution in [3.63, 3.8) is 0 Å². The maximum absolute atomic E-state index is 2.24. The molecule has 0 aliphatic carbocycles. The Bertz CT molecular complexity index is 256. The van der Waals surface area contributed by atoms with Gasteiger partial charge in [-0.15, -0.1) is 11.3 Å². The second kappa shape index (κ2) is 4.46. The van der Waals surface area contributed by atoms with Crippen LogP contribution in [0.1, 0.15) is 42.9 Å². The van der Waals surface area contributed by atoms with Gasteiger partial charge in [0.2, 0.25) is 0 Å². The van der Waals surface area contributed by atoms with Crippen molar-refractivity contribution in [3.05, 3.63) is 28.0 Å². The molecule has 12 heavy (non-hydrogen) atoms. The lowest BCUT2D eigenvalue weighted by Gasteiger charge is -1.96. The van der Waals surface area contributed by atoms with Crippen molar-refractivity contribution in [1.29, 1.82) is 0 Å². The monoisotopic (exact) mass is 180 g/mol. The highest BCUT2D eigenvalue weighted by molar-refractivity contribution is 7.13. The molecule has 0 nitrogen and oxygen atoms in total. The summed E-state index contributed by atoms with van der Waals surface area (Å²) in [4.78, 5) is 2.85. The molecule has 1 rings (SSSR count). The van der Waals surface area contributed by atoms with Crippen molar-refractivity contribution in [3.8, 4) is 0 Å². The average molecular weight is 180 g/mol. The average Bonchev–Trinajstić information content (AvgIpc) is 2.48. The van der Waals surface area contributed by atoms with Gasteiger partial charge in [-0.2, -0.15) is 0 Å². The third kappa shape index (κ3) is 2.49. The zero-order valence-electron chi connectivity index (χ0n) is 8.00. The van der Waals surface area contributed by atoms with E-state index in [9.17, 15) is 0 Å². The highest BCUT2D eigenvalue weighted by Gasteiger charge is 2.00. The van der Waals surface area contributed by atoms with E-state index < -0.39 is 0 Å². The largest absolute Gasteiger partial charge is 0.141 e. The molecule has 0 aliphatic heterocycles. The van der Waals surface area contributed by atoms with Crippen LogP contribution < -0.4 is 0 Å². The zero-order valence-corrected chi connectivity index (χ0v) is 8.82. The van der Waals surface area contributed by atoms with E-state index in [-0.39, 0.29) is 0 Å². The van der Waals surface area contributed by atoms with Crippen molar-refractivity contribution in [2.45, 2.75) is 33.1 Å². The molecule has 0 aliphatic rings. The fourth-order valence-electron chi connectivity index (χ4n) is 1.00. The molecule has 0 saturated heterocycles. The van der Waals surface area contributed by atoms with E-state index in [0.29, 0.717) is 5.92 Å². The fourth-order valence-corrected chi connectivity index (χ4v) is 1.95. The number of hydrogen-bond acceptors (Lipinski definition) is 1. The molecule has 0 amide bonds. The second-order valence-electron chi connectivity index (χ2n) is 3.21. The van der Waals surface area contributed by atoms with Crippen LogP contribution in [-0.2, 0) is 0 Å². The van der Waals surface area contributed by atoms with Gasteiger partial charge in [0.05, 0.1) is 0 Å². The van der Waals surface area contributed by atoms with Crippen LogP contribution in [0.15, 0.2) is 18.2 Å². The molecule has 0 N–H and O–H groups in total. The molecule has 0 fully saturated rings. The predicted octanol–water partition coefficient (Wildman–Crippen LogP) is 4.29. The van der Waals surface area contributed by atoms with Gasteiger partial charge in [-0.05, 0) is 30.5 Å². The molecule has 0 radical (unpaired) electrons. The summed E-state index contributed by atoms with van der Waals surface area (Å²) < 4.78 is 0. The Kier molecular flexibility index (Phi) is 3.54. The quantitative estimate of drug-likeness (QED) is 0.650. The molecule has 0 aromatic carbocycles. The summed E-state index contributed by atoms with van der Waals surface area (Å²) in [5.74, 6) is 0.666. The maximum Gasteiger partial charge on any atom is 0.0270 e. The SMILES string of the molecule is CC/C=C\c1ccc(C(C)C)s1. The molecular formula is C11H16S. The molecule has 0 unspecified atom stereocenters. The van der Waals surface area contributed by atoms with Crippen molar-refractivity contribution in [2.75, 3.05) is 0 Å². The van der Waals surface area contributed by atoms with Gasteiger partial charge < -0.3 is 0 Å². The van der Waals surface area contributed by atoms with Gasteiger partial charge in [0, 0.05) is 9.75 Å². The molecule has 1 aromatic heterocycles. The normalized spacial score (nSPS) is 11.7. The third-order valence-corrected chi connectivity index (χ3v) is 3.09. The molecule has 1 heteroatoms. The van der Waals surface area contributed by atoms with E-state index in [4.69, 9.17) is 0 Å². The number of allylic oxidation sites excluding steroid dienone is 1. The Morgan fingerprint density at radius 1 is 1.42 bits per heavy atom. The van der Waals surface area contributed by atoms with Gasteiger partial charge in [0.25, 0.3) is 0 Å². The minimum absolute atomic E-state index is 0.666. The first kappa shape index (κ1) is 9.53. The zero-order chi connectivity index (χ0) is 8.97. The summed E-state index contributed by atoms with van der Waals surface area (Å²) in [6, 6.07) is 4.43. The summed E-state index contributed by atoms with van der Waals surface area (Å²) >= 11 is 1.89. The number of rotatable bonds is 3. The highest BCUT2D eigenvalue weighted by Crippen LogP contribution is 2.24. The second-order valence-corrected chi connectivity index (χ2v) is 4.35. The van der Waals surface area contributed by atoms with Crippen molar-refractivity contribution in [1.82, 2.24) is 0 Å². The van der Waals surface area contributed by atoms with Crippen LogP contribution >= 0.6 is 11.3 Å². The lowest BCUT2D eigenvalue weighted by Crippen LogP contribution is -1.77. The minimum atomic E-state index is 0.666. The summed E-state index contributed by atoms with van der Waals surface area (Å²) in [6.07, 6.45) is 5.53. The van der Waals surface area contributed by atoms with E-state index in [1.807, 2.05) is 11.3 Å². The molecule has 0 saturated carbocycles. The van der Waals surface area contributed by atoms with Gasteiger partial charge >= 0.3 is 0 Å². The van der Waals surface area contributed by atoms with E-state index >= 15 is 0 Å². The Hall–Kier alpha value is -0.560. The first-order valence-electron chi connectivity index (χ1n) is 4.50. The highest BCUT2D eigenvalue weighted by atomic mass is 32.1. The molecule has 0 atom stereocenters. The smallest absolute Gasteiger partial charge is 0.0270 e. The summed E-state index contributed by atoms with van der Waals surface area (Å²) in [6.45, 7) is 6.63. The van der Waals surface area contributed by atoms with Crippen molar-refractivity contribution >= 4 is 17.4 Å². The molecule has 0 spiro atoms. The van der Waals surface area contributed by atoms with Crippen LogP contribution in [0.5, 0.6) is 0 Å². The van der Waals surface area contributed by atoms with Gasteiger partial charge in [0.15, 0.2) is 0 Å². The lowest BCUT2D eigenvalue weighted by molar-refractivity contribution is 0.890. The number of hydrogen-bond donors (Lipinski definition) is 0. The molecular weight excluding hydrogens is 164 g/mol. The maximum atomic E-state index is 2.24. The minimum Gasteiger partial charge on any atom is -0.141 e. The van der Waals surface area contributed by atoms with Crippen LogP contribution in [0.4, 0.5) is 0 Å². The Morgan fingerprint density at radius 2 is 2.17 bits per heavy atom. The van der Waals surface area contributed by atoms with Crippen molar-refractivity contribution in [2.24, 2.45) is 0 Å². The Labute approximate surface area is 78.9 Å². The van der Waals surface area contributed by atoms with Crippen LogP contribution in [0.3, 0.4) is 0 Å². The molecule has 66 valence electrons. The molecule has 1 heterocycles.